The minimum absolute atomic E-state index is 0.0392. The van der Waals surface area contributed by atoms with Crippen LogP contribution in [0.4, 0.5) is 5.82 Å². The van der Waals surface area contributed by atoms with Gasteiger partial charge >= 0.3 is 0 Å². The first-order chi connectivity index (χ1) is 13.4. The number of thiophene rings is 1. The minimum Gasteiger partial charge on any atom is -0.383 e. The highest BCUT2D eigenvalue weighted by Crippen LogP contribution is 2.41. The van der Waals surface area contributed by atoms with Gasteiger partial charge in [-0.3, -0.25) is 4.79 Å². The number of carbonyl (C=O) groups excluding carboxylic acids is 1. The van der Waals surface area contributed by atoms with Gasteiger partial charge in [-0.1, -0.05) is 46.7 Å². The Bertz CT molecular complexity index is 1050. The number of thioether (sulfide) groups is 1. The Labute approximate surface area is 180 Å². The van der Waals surface area contributed by atoms with Gasteiger partial charge in [0.25, 0.3) is 0 Å². The molecule has 8 heteroatoms. The third kappa shape index (κ3) is 3.83. The Morgan fingerprint density at radius 1 is 1.36 bits per heavy atom. The topological polar surface area (TPSA) is 78.1 Å². The maximum atomic E-state index is 12.4. The molecule has 28 heavy (non-hydrogen) atoms. The van der Waals surface area contributed by atoms with E-state index < -0.39 is 0 Å². The zero-order valence-electron chi connectivity index (χ0n) is 15.6. The molecule has 0 amide bonds. The molecule has 3 heterocycles. The van der Waals surface area contributed by atoms with Crippen LogP contribution in [-0.4, -0.2) is 27.1 Å². The van der Waals surface area contributed by atoms with Gasteiger partial charge in [0.2, 0.25) is 0 Å². The van der Waals surface area contributed by atoms with Gasteiger partial charge < -0.3 is 10.5 Å². The average molecular weight is 478 g/mol. The van der Waals surface area contributed by atoms with E-state index in [9.17, 15) is 4.79 Å². The summed E-state index contributed by atoms with van der Waals surface area (Å²) >= 11 is 6.31. The second-order valence-corrected chi connectivity index (χ2v) is 10.0. The summed E-state index contributed by atoms with van der Waals surface area (Å²) in [5.74, 6) is 0.799. The molecule has 3 aromatic rings. The molecular formula is C20H20BrN3O2S2. The standard InChI is InChI=1S/C20H20BrN3O2S2/c1-3-20(2)8-13-15(9-26-20)28-18-16(13)17(22)23-19(24-18)27-10-14(25)11-4-6-12(21)7-5-11/h4-7H,3,8-10H2,1-2H3,(H2,22,23,24). The maximum absolute atomic E-state index is 12.4. The molecule has 5 nitrogen and oxygen atoms in total. The number of nitrogens with two attached hydrogens (primary N) is 1. The smallest absolute Gasteiger partial charge is 0.191 e. The predicted molar refractivity (Wildman–Crippen MR) is 118 cm³/mol. The summed E-state index contributed by atoms with van der Waals surface area (Å²) in [5, 5.41) is 1.49. The number of carbonyl (C=O) groups is 1. The number of ketones is 1. The number of ether oxygens (including phenoxy) is 1. The summed E-state index contributed by atoms with van der Waals surface area (Å²) in [6, 6.07) is 7.34. The monoisotopic (exact) mass is 477 g/mol. The first kappa shape index (κ1) is 19.8. The van der Waals surface area contributed by atoms with E-state index in [4.69, 9.17) is 10.5 Å². The quantitative estimate of drug-likeness (QED) is 0.307. The number of aromatic nitrogens is 2. The minimum atomic E-state index is -0.169. The summed E-state index contributed by atoms with van der Waals surface area (Å²) in [4.78, 5) is 23.6. The second kappa shape index (κ2) is 7.74. The molecule has 146 valence electrons. The SMILES string of the molecule is CCC1(C)Cc2c(sc3nc(SCC(=O)c4ccc(Br)cc4)nc(N)c23)CO1. The van der Waals surface area contributed by atoms with Crippen molar-refractivity contribution in [1.29, 1.82) is 0 Å². The molecule has 0 radical (unpaired) electrons. The van der Waals surface area contributed by atoms with E-state index in [1.54, 1.807) is 11.3 Å². The average Bonchev–Trinajstić information content (AvgIpc) is 3.04. The molecule has 0 aliphatic carbocycles. The molecule has 1 unspecified atom stereocenters. The third-order valence-corrected chi connectivity index (χ3v) is 7.57. The number of halogens is 1. The van der Waals surface area contributed by atoms with Crippen molar-refractivity contribution in [3.8, 4) is 0 Å². The predicted octanol–water partition coefficient (Wildman–Crippen LogP) is 5.25. The second-order valence-electron chi connectivity index (χ2n) is 7.06. The largest absolute Gasteiger partial charge is 0.383 e. The van der Waals surface area contributed by atoms with E-state index in [0.717, 1.165) is 27.5 Å². The number of benzene rings is 1. The van der Waals surface area contributed by atoms with E-state index in [2.05, 4.69) is 39.7 Å². The van der Waals surface area contributed by atoms with Crippen LogP contribution in [0.25, 0.3) is 10.2 Å². The first-order valence-electron chi connectivity index (χ1n) is 9.02. The fourth-order valence-electron chi connectivity index (χ4n) is 3.22. The number of nitrogen functional groups attached to an aromatic ring is 1. The highest BCUT2D eigenvalue weighted by Gasteiger charge is 2.33. The van der Waals surface area contributed by atoms with E-state index in [-0.39, 0.29) is 17.1 Å². The van der Waals surface area contributed by atoms with Gasteiger partial charge in [-0.2, -0.15) is 0 Å². The number of hydrogen-bond donors (Lipinski definition) is 1. The van der Waals surface area contributed by atoms with Crippen LogP contribution < -0.4 is 5.73 Å². The fraction of sp³-hybridized carbons (Fsp3) is 0.350. The molecule has 1 atom stereocenters. The summed E-state index contributed by atoms with van der Waals surface area (Å²) in [7, 11) is 0. The lowest BCUT2D eigenvalue weighted by Gasteiger charge is -2.33. The Hall–Kier alpha value is -1.48. The zero-order chi connectivity index (χ0) is 19.9. The van der Waals surface area contributed by atoms with Gasteiger partial charge in [0.05, 0.1) is 23.3 Å². The summed E-state index contributed by atoms with van der Waals surface area (Å²) < 4.78 is 6.99. The van der Waals surface area contributed by atoms with Crippen molar-refractivity contribution >= 4 is 60.8 Å². The van der Waals surface area contributed by atoms with Crippen LogP contribution in [0, 0.1) is 0 Å². The van der Waals surface area contributed by atoms with Crippen molar-refractivity contribution in [2.24, 2.45) is 0 Å². The van der Waals surface area contributed by atoms with Gasteiger partial charge in [-0.25, -0.2) is 9.97 Å². The van der Waals surface area contributed by atoms with Crippen LogP contribution >= 0.6 is 39.0 Å². The number of fused-ring (bicyclic) bond motifs is 3. The Morgan fingerprint density at radius 3 is 2.82 bits per heavy atom. The summed E-state index contributed by atoms with van der Waals surface area (Å²) in [6.07, 6.45) is 1.76. The first-order valence-corrected chi connectivity index (χ1v) is 11.6. The Morgan fingerprint density at radius 2 is 2.11 bits per heavy atom. The third-order valence-electron chi connectivity index (χ3n) is 5.09. The molecule has 2 N–H and O–H groups in total. The van der Waals surface area contributed by atoms with Crippen LogP contribution in [0.1, 0.15) is 41.1 Å². The van der Waals surface area contributed by atoms with Gasteiger partial charge in [0, 0.05) is 21.3 Å². The molecule has 0 saturated heterocycles. The molecule has 2 aromatic heterocycles. The van der Waals surface area contributed by atoms with E-state index in [1.165, 1.54) is 22.2 Å². The lowest BCUT2D eigenvalue weighted by molar-refractivity contribution is -0.0542. The Balaban J connectivity index is 1.57. The summed E-state index contributed by atoms with van der Waals surface area (Å²) in [5.41, 5.74) is 8.02. The van der Waals surface area contributed by atoms with Gasteiger partial charge in [0.15, 0.2) is 10.9 Å². The molecule has 0 spiro atoms. The number of nitrogens with zero attached hydrogens (tertiary/aromatic N) is 2. The van der Waals surface area contributed by atoms with Gasteiger partial charge in [0.1, 0.15) is 10.6 Å². The Kier molecular flexibility index (Phi) is 5.48. The normalized spacial score (nSPS) is 19.0. The molecule has 1 aliphatic heterocycles. The van der Waals surface area contributed by atoms with Gasteiger partial charge in [-0.15, -0.1) is 11.3 Å². The molecular weight excluding hydrogens is 458 g/mol. The van der Waals surface area contributed by atoms with Crippen LogP contribution in [0.15, 0.2) is 33.9 Å². The number of hydrogen-bond acceptors (Lipinski definition) is 7. The van der Waals surface area contributed by atoms with Gasteiger partial charge in [-0.05, 0) is 31.0 Å². The zero-order valence-corrected chi connectivity index (χ0v) is 18.8. The lowest BCUT2D eigenvalue weighted by atomic mass is 9.90. The van der Waals surface area contributed by atoms with Crippen LogP contribution in [-0.2, 0) is 17.8 Å². The van der Waals surface area contributed by atoms with Crippen LogP contribution in [0.3, 0.4) is 0 Å². The van der Waals surface area contributed by atoms with Crippen molar-refractivity contribution in [2.45, 2.75) is 44.1 Å². The van der Waals surface area contributed by atoms with Crippen molar-refractivity contribution in [2.75, 3.05) is 11.5 Å². The molecule has 4 rings (SSSR count). The molecule has 1 aromatic carbocycles. The van der Waals surface area contributed by atoms with E-state index in [0.29, 0.717) is 23.1 Å². The van der Waals surface area contributed by atoms with E-state index in [1.807, 2.05) is 24.3 Å². The van der Waals surface area contributed by atoms with Crippen LogP contribution in [0.2, 0.25) is 0 Å². The number of Topliss-reactive ketones (excluding diaryl/α,β-unsaturated/α-hetero) is 1. The maximum Gasteiger partial charge on any atom is 0.191 e. The molecule has 1 aliphatic rings. The van der Waals surface area contributed by atoms with Crippen molar-refractivity contribution in [1.82, 2.24) is 9.97 Å². The number of rotatable bonds is 5. The highest BCUT2D eigenvalue weighted by atomic mass is 79.9. The van der Waals surface area contributed by atoms with Crippen molar-refractivity contribution in [3.63, 3.8) is 0 Å². The fourth-order valence-corrected chi connectivity index (χ4v) is 5.40. The molecule has 0 bridgehead atoms. The van der Waals surface area contributed by atoms with E-state index >= 15 is 0 Å². The number of anilines is 1. The van der Waals surface area contributed by atoms with Crippen molar-refractivity contribution < 1.29 is 9.53 Å². The molecule has 0 saturated carbocycles. The summed E-state index contributed by atoms with van der Waals surface area (Å²) in [6.45, 7) is 4.86. The van der Waals surface area contributed by atoms with Crippen molar-refractivity contribution in [3.05, 3.63) is 44.7 Å². The molecule has 0 fully saturated rings. The highest BCUT2D eigenvalue weighted by molar-refractivity contribution is 9.10. The van der Waals surface area contributed by atoms with Crippen LogP contribution in [0.5, 0.6) is 0 Å². The lowest BCUT2D eigenvalue weighted by Crippen LogP contribution is -2.33.